The largest absolute Gasteiger partial charge is 0.494 e. The first-order valence-corrected chi connectivity index (χ1v) is 7.77. The molecule has 0 bridgehead atoms. The first-order valence-electron chi connectivity index (χ1n) is 6.95. The maximum absolute atomic E-state index is 12.0. The average Bonchev–Trinajstić information content (AvgIpc) is 2.90. The molecule has 0 radical (unpaired) electrons. The molecule has 0 aliphatic rings. The molecule has 0 saturated carbocycles. The van der Waals surface area contributed by atoms with Crippen molar-refractivity contribution in [2.75, 3.05) is 12.3 Å². The number of hydrogen-bond donors (Lipinski definition) is 2. The van der Waals surface area contributed by atoms with E-state index in [2.05, 4.69) is 15.5 Å². The fourth-order valence-corrected chi connectivity index (χ4v) is 2.63. The van der Waals surface area contributed by atoms with Gasteiger partial charge in [-0.2, -0.15) is 5.10 Å². The van der Waals surface area contributed by atoms with E-state index in [1.165, 1.54) is 0 Å². The summed E-state index contributed by atoms with van der Waals surface area (Å²) < 4.78 is 5.36. The molecule has 2 aromatic rings. The minimum absolute atomic E-state index is 0.298. The van der Waals surface area contributed by atoms with Crippen molar-refractivity contribution in [3.8, 4) is 5.75 Å². The number of nitrogens with one attached hydrogen (secondary N) is 1. The van der Waals surface area contributed by atoms with Gasteiger partial charge in [0.15, 0.2) is 5.13 Å². The Morgan fingerprint density at radius 2 is 2.14 bits per heavy atom. The highest BCUT2D eigenvalue weighted by Gasteiger charge is 2.15. The summed E-state index contributed by atoms with van der Waals surface area (Å²) in [4.78, 5) is 16.7. The second-order valence-corrected chi connectivity index (χ2v) is 5.41. The SMILES string of the molecule is CCOc1ccc(/C=N\NC(=O)c2sc(N)nc2CC)cc1. The molecule has 0 saturated heterocycles. The van der Waals surface area contributed by atoms with Crippen molar-refractivity contribution < 1.29 is 9.53 Å². The predicted octanol–water partition coefficient (Wildman–Crippen LogP) is 2.45. The number of thiazole rings is 1. The molecule has 1 aromatic carbocycles. The lowest BCUT2D eigenvalue weighted by Gasteiger charge is -2.02. The van der Waals surface area contributed by atoms with Gasteiger partial charge in [0.25, 0.3) is 5.91 Å². The van der Waals surface area contributed by atoms with Crippen molar-refractivity contribution in [3.05, 3.63) is 40.4 Å². The van der Waals surface area contributed by atoms with Crippen LogP contribution in [0.15, 0.2) is 29.4 Å². The fraction of sp³-hybridized carbons (Fsp3) is 0.267. The maximum Gasteiger partial charge on any atom is 0.283 e. The smallest absolute Gasteiger partial charge is 0.283 e. The van der Waals surface area contributed by atoms with E-state index >= 15 is 0 Å². The average molecular weight is 318 g/mol. The van der Waals surface area contributed by atoms with Crippen LogP contribution in [-0.2, 0) is 6.42 Å². The molecule has 1 amide bonds. The number of aromatic nitrogens is 1. The number of benzene rings is 1. The van der Waals surface area contributed by atoms with E-state index in [0.29, 0.717) is 28.7 Å². The van der Waals surface area contributed by atoms with Crippen molar-refractivity contribution in [2.45, 2.75) is 20.3 Å². The quantitative estimate of drug-likeness (QED) is 0.632. The Balaban J connectivity index is 1.97. The summed E-state index contributed by atoms with van der Waals surface area (Å²) in [6.07, 6.45) is 2.22. The van der Waals surface area contributed by atoms with Crippen molar-refractivity contribution in [1.82, 2.24) is 10.4 Å². The third-order valence-corrected chi connectivity index (χ3v) is 3.75. The highest BCUT2D eigenvalue weighted by molar-refractivity contribution is 7.17. The minimum atomic E-state index is -0.298. The number of hydrogen-bond acceptors (Lipinski definition) is 6. The van der Waals surface area contributed by atoms with Gasteiger partial charge in [-0.1, -0.05) is 18.3 Å². The van der Waals surface area contributed by atoms with Crippen molar-refractivity contribution in [3.63, 3.8) is 0 Å². The zero-order valence-electron chi connectivity index (χ0n) is 12.5. The lowest BCUT2D eigenvalue weighted by molar-refractivity contribution is 0.0958. The molecule has 0 fully saturated rings. The van der Waals surface area contributed by atoms with Crippen LogP contribution in [0.4, 0.5) is 5.13 Å². The molecule has 0 unspecified atom stereocenters. The molecule has 3 N–H and O–H groups in total. The van der Waals surface area contributed by atoms with Gasteiger partial charge in [-0.3, -0.25) is 4.79 Å². The molecule has 1 aromatic heterocycles. The van der Waals surface area contributed by atoms with Crippen LogP contribution < -0.4 is 15.9 Å². The second kappa shape index (κ2) is 7.56. The number of carbonyl (C=O) groups is 1. The Morgan fingerprint density at radius 1 is 1.41 bits per heavy atom. The van der Waals surface area contributed by atoms with Gasteiger partial charge in [-0.15, -0.1) is 0 Å². The molecular weight excluding hydrogens is 300 g/mol. The number of amides is 1. The molecule has 0 aliphatic heterocycles. The molecule has 2 rings (SSSR count). The normalized spacial score (nSPS) is 10.8. The number of rotatable bonds is 6. The lowest BCUT2D eigenvalue weighted by atomic mass is 10.2. The van der Waals surface area contributed by atoms with E-state index < -0.39 is 0 Å². The monoisotopic (exact) mass is 318 g/mol. The molecular formula is C15H18N4O2S. The van der Waals surface area contributed by atoms with Crippen molar-refractivity contribution >= 4 is 28.6 Å². The van der Waals surface area contributed by atoms with E-state index in [9.17, 15) is 4.79 Å². The summed E-state index contributed by atoms with van der Waals surface area (Å²) in [5.74, 6) is 0.504. The third-order valence-electron chi connectivity index (χ3n) is 2.83. The Kier molecular flexibility index (Phi) is 5.48. The van der Waals surface area contributed by atoms with E-state index in [-0.39, 0.29) is 5.91 Å². The summed E-state index contributed by atoms with van der Waals surface area (Å²) in [5, 5.41) is 4.34. The number of nitrogens with zero attached hydrogens (tertiary/aromatic N) is 2. The molecule has 22 heavy (non-hydrogen) atoms. The predicted molar refractivity (Wildman–Crippen MR) is 88.6 cm³/mol. The zero-order valence-corrected chi connectivity index (χ0v) is 13.3. The molecule has 0 spiro atoms. The van der Waals surface area contributed by atoms with E-state index in [1.807, 2.05) is 38.1 Å². The molecule has 0 atom stereocenters. The Labute approximate surface area is 133 Å². The van der Waals surface area contributed by atoms with Crippen LogP contribution in [0, 0.1) is 0 Å². The number of carbonyl (C=O) groups excluding carboxylic acids is 1. The maximum atomic E-state index is 12.0. The van der Waals surface area contributed by atoms with Crippen LogP contribution in [0.2, 0.25) is 0 Å². The fourth-order valence-electron chi connectivity index (χ4n) is 1.82. The van der Waals surface area contributed by atoms with Crippen molar-refractivity contribution in [1.29, 1.82) is 0 Å². The highest BCUT2D eigenvalue weighted by Crippen LogP contribution is 2.20. The Morgan fingerprint density at radius 3 is 2.77 bits per heavy atom. The van der Waals surface area contributed by atoms with Crippen molar-refractivity contribution in [2.24, 2.45) is 5.10 Å². The van der Waals surface area contributed by atoms with Gasteiger partial charge in [0.05, 0.1) is 18.5 Å². The van der Waals surface area contributed by atoms with E-state index in [1.54, 1.807) is 6.21 Å². The first kappa shape index (κ1) is 16.0. The Bertz CT molecular complexity index is 665. The lowest BCUT2D eigenvalue weighted by Crippen LogP contribution is -2.17. The number of nitrogen functional groups attached to an aromatic ring is 1. The Hall–Kier alpha value is -2.41. The van der Waals surface area contributed by atoms with E-state index in [4.69, 9.17) is 10.5 Å². The number of ether oxygens (including phenoxy) is 1. The van der Waals surface area contributed by atoms with Gasteiger partial charge in [0.1, 0.15) is 10.6 Å². The minimum Gasteiger partial charge on any atom is -0.494 e. The van der Waals surface area contributed by atoms with Gasteiger partial charge in [0.2, 0.25) is 0 Å². The highest BCUT2D eigenvalue weighted by atomic mass is 32.1. The number of nitrogens with two attached hydrogens (primary N) is 1. The third kappa shape index (κ3) is 4.05. The molecule has 7 heteroatoms. The van der Waals surface area contributed by atoms with Crippen LogP contribution in [0.1, 0.15) is 34.8 Å². The number of hydrazone groups is 1. The summed E-state index contributed by atoms with van der Waals surface area (Å²) >= 11 is 1.16. The second-order valence-electron chi connectivity index (χ2n) is 4.38. The van der Waals surface area contributed by atoms with Crippen LogP contribution in [0.5, 0.6) is 5.75 Å². The summed E-state index contributed by atoms with van der Waals surface area (Å²) in [5.41, 5.74) is 9.67. The summed E-state index contributed by atoms with van der Waals surface area (Å²) in [7, 11) is 0. The van der Waals surface area contributed by atoms with Crippen LogP contribution in [0.25, 0.3) is 0 Å². The summed E-state index contributed by atoms with van der Waals surface area (Å²) in [6, 6.07) is 7.43. The summed E-state index contributed by atoms with van der Waals surface area (Å²) in [6.45, 7) is 4.48. The van der Waals surface area contributed by atoms with Gasteiger partial charge < -0.3 is 10.5 Å². The first-order chi connectivity index (χ1) is 10.6. The zero-order chi connectivity index (χ0) is 15.9. The van der Waals surface area contributed by atoms with Gasteiger partial charge in [0, 0.05) is 0 Å². The molecule has 0 aliphatic carbocycles. The van der Waals surface area contributed by atoms with Gasteiger partial charge in [-0.05, 0) is 43.2 Å². The molecule has 116 valence electrons. The molecule has 1 heterocycles. The van der Waals surface area contributed by atoms with Crippen LogP contribution >= 0.6 is 11.3 Å². The standard InChI is InChI=1S/C15H18N4O2S/c1-3-12-13(22-15(16)18-12)14(20)19-17-9-10-5-7-11(8-6-10)21-4-2/h5-9H,3-4H2,1-2H3,(H2,16,18)(H,19,20)/b17-9-. The number of aryl methyl sites for hydroxylation is 1. The topological polar surface area (TPSA) is 89.6 Å². The number of anilines is 1. The van der Waals surface area contributed by atoms with Crippen LogP contribution in [0.3, 0.4) is 0 Å². The van der Waals surface area contributed by atoms with E-state index in [0.717, 1.165) is 22.6 Å². The van der Waals surface area contributed by atoms with Crippen LogP contribution in [-0.4, -0.2) is 23.7 Å². The van der Waals surface area contributed by atoms with Gasteiger partial charge >= 0.3 is 0 Å². The molecule has 6 nitrogen and oxygen atoms in total. The van der Waals surface area contributed by atoms with Gasteiger partial charge in [-0.25, -0.2) is 10.4 Å².